The molecular formula is C14H26N6O. The molecule has 0 radical (unpaired) electrons. The summed E-state index contributed by atoms with van der Waals surface area (Å²) in [7, 11) is 3.84. The molecule has 0 saturated carbocycles. The molecule has 1 fully saturated rings. The van der Waals surface area contributed by atoms with E-state index >= 15 is 0 Å². The van der Waals surface area contributed by atoms with E-state index in [0.29, 0.717) is 24.4 Å². The monoisotopic (exact) mass is 294 g/mol. The summed E-state index contributed by atoms with van der Waals surface area (Å²) in [5, 5.41) is 6.49. The van der Waals surface area contributed by atoms with Gasteiger partial charge in [0.05, 0.1) is 5.60 Å². The van der Waals surface area contributed by atoms with Crippen LogP contribution in [0.5, 0.6) is 0 Å². The molecule has 2 heterocycles. The van der Waals surface area contributed by atoms with Crippen LogP contribution in [0.2, 0.25) is 0 Å². The molecule has 2 N–H and O–H groups in total. The topological polar surface area (TPSA) is 75.2 Å². The maximum atomic E-state index is 5.78. The van der Waals surface area contributed by atoms with Crippen LogP contribution in [0.3, 0.4) is 0 Å². The number of nitrogens with one attached hydrogen (secondary N) is 2. The van der Waals surface area contributed by atoms with Gasteiger partial charge >= 0.3 is 0 Å². The van der Waals surface area contributed by atoms with Crippen LogP contribution in [-0.4, -0.2) is 54.3 Å². The van der Waals surface area contributed by atoms with E-state index in [1.54, 1.807) is 0 Å². The number of nitrogens with zero attached hydrogens (tertiary/aromatic N) is 4. The SMILES string of the molecule is CCCNc1nc(NCC2(C)CCCO2)nc(N(C)C)n1. The van der Waals surface area contributed by atoms with Crippen LogP contribution in [0.15, 0.2) is 0 Å². The minimum absolute atomic E-state index is 0.123. The molecule has 2 rings (SSSR count). The predicted octanol–water partition coefficient (Wildman–Crippen LogP) is 1.74. The summed E-state index contributed by atoms with van der Waals surface area (Å²) in [6.45, 7) is 6.62. The standard InChI is InChI=1S/C14H26N6O/c1-5-8-15-11-17-12(19-13(18-11)20(3)4)16-10-14(2)7-6-9-21-14/h5-10H2,1-4H3,(H2,15,16,17,18,19). The van der Waals surface area contributed by atoms with Crippen molar-refractivity contribution in [3.8, 4) is 0 Å². The zero-order valence-corrected chi connectivity index (χ0v) is 13.4. The Morgan fingerprint density at radius 2 is 1.90 bits per heavy atom. The fraction of sp³-hybridized carbons (Fsp3) is 0.786. The summed E-state index contributed by atoms with van der Waals surface area (Å²) < 4.78 is 5.78. The highest BCUT2D eigenvalue weighted by atomic mass is 16.5. The Kier molecular flexibility index (Phi) is 5.17. The Hall–Kier alpha value is -1.63. The average Bonchev–Trinajstić information content (AvgIpc) is 2.90. The van der Waals surface area contributed by atoms with Crippen molar-refractivity contribution in [2.45, 2.75) is 38.7 Å². The molecule has 1 aromatic heterocycles. The Balaban J connectivity index is 2.07. The van der Waals surface area contributed by atoms with Crippen LogP contribution in [0.1, 0.15) is 33.1 Å². The van der Waals surface area contributed by atoms with Gasteiger partial charge in [0.2, 0.25) is 17.8 Å². The van der Waals surface area contributed by atoms with Crippen molar-refractivity contribution in [1.29, 1.82) is 0 Å². The Bertz CT molecular complexity index is 459. The number of ether oxygens (including phenoxy) is 1. The van der Waals surface area contributed by atoms with Crippen LogP contribution < -0.4 is 15.5 Å². The molecule has 0 amide bonds. The van der Waals surface area contributed by atoms with Gasteiger partial charge in [-0.15, -0.1) is 0 Å². The van der Waals surface area contributed by atoms with Crippen molar-refractivity contribution in [1.82, 2.24) is 15.0 Å². The molecule has 21 heavy (non-hydrogen) atoms. The van der Waals surface area contributed by atoms with Crippen molar-refractivity contribution >= 4 is 17.8 Å². The molecule has 1 aliphatic rings. The second kappa shape index (κ2) is 6.89. The molecule has 1 aromatic rings. The summed E-state index contributed by atoms with van der Waals surface area (Å²) in [5.41, 5.74) is -0.123. The van der Waals surface area contributed by atoms with Crippen LogP contribution in [-0.2, 0) is 4.74 Å². The molecule has 7 nitrogen and oxygen atoms in total. The summed E-state index contributed by atoms with van der Waals surface area (Å²) in [6, 6.07) is 0. The lowest BCUT2D eigenvalue weighted by atomic mass is 10.0. The Labute approximate surface area is 126 Å². The zero-order valence-electron chi connectivity index (χ0n) is 13.4. The van der Waals surface area contributed by atoms with Crippen LogP contribution in [0.4, 0.5) is 17.8 Å². The maximum Gasteiger partial charge on any atom is 0.231 e. The van der Waals surface area contributed by atoms with Gasteiger partial charge in [-0.25, -0.2) is 0 Å². The molecular weight excluding hydrogens is 268 g/mol. The van der Waals surface area contributed by atoms with E-state index in [2.05, 4.69) is 39.4 Å². The molecule has 1 unspecified atom stereocenters. The lowest BCUT2D eigenvalue weighted by Gasteiger charge is -2.23. The summed E-state index contributed by atoms with van der Waals surface area (Å²) in [5.74, 6) is 1.84. The second-order valence-electron chi connectivity index (χ2n) is 5.86. The first-order valence-electron chi connectivity index (χ1n) is 7.57. The third-order valence-electron chi connectivity index (χ3n) is 3.48. The summed E-state index contributed by atoms with van der Waals surface area (Å²) in [6.07, 6.45) is 3.20. The van der Waals surface area contributed by atoms with E-state index in [-0.39, 0.29) is 5.60 Å². The first kappa shape index (κ1) is 15.8. The molecule has 1 atom stereocenters. The molecule has 0 aromatic carbocycles. The maximum absolute atomic E-state index is 5.78. The fourth-order valence-corrected chi connectivity index (χ4v) is 2.20. The smallest absolute Gasteiger partial charge is 0.231 e. The normalized spacial score (nSPS) is 21.3. The van der Waals surface area contributed by atoms with Crippen molar-refractivity contribution in [3.05, 3.63) is 0 Å². The first-order valence-corrected chi connectivity index (χ1v) is 7.57. The average molecular weight is 294 g/mol. The second-order valence-corrected chi connectivity index (χ2v) is 5.86. The van der Waals surface area contributed by atoms with Gasteiger partial charge in [0, 0.05) is 33.8 Å². The lowest BCUT2D eigenvalue weighted by Crippen LogP contribution is -2.33. The molecule has 0 aliphatic carbocycles. The van der Waals surface area contributed by atoms with Gasteiger partial charge in [-0.05, 0) is 26.2 Å². The largest absolute Gasteiger partial charge is 0.373 e. The van der Waals surface area contributed by atoms with Crippen LogP contribution in [0, 0.1) is 0 Å². The lowest BCUT2D eigenvalue weighted by molar-refractivity contribution is 0.0314. The third-order valence-corrected chi connectivity index (χ3v) is 3.48. The van der Waals surface area contributed by atoms with E-state index in [4.69, 9.17) is 4.74 Å². The Morgan fingerprint density at radius 3 is 2.48 bits per heavy atom. The zero-order chi connectivity index (χ0) is 15.3. The highest BCUT2D eigenvalue weighted by molar-refractivity contribution is 5.43. The van der Waals surface area contributed by atoms with Crippen molar-refractivity contribution < 1.29 is 4.74 Å². The third kappa shape index (κ3) is 4.42. The number of hydrogen-bond acceptors (Lipinski definition) is 7. The number of hydrogen-bond donors (Lipinski definition) is 2. The van der Waals surface area contributed by atoms with E-state index in [9.17, 15) is 0 Å². The van der Waals surface area contributed by atoms with Gasteiger partial charge in [0.25, 0.3) is 0 Å². The number of anilines is 3. The summed E-state index contributed by atoms with van der Waals surface area (Å²) >= 11 is 0. The highest BCUT2D eigenvalue weighted by Gasteiger charge is 2.29. The van der Waals surface area contributed by atoms with E-state index < -0.39 is 0 Å². The Morgan fingerprint density at radius 1 is 1.19 bits per heavy atom. The minimum atomic E-state index is -0.123. The molecule has 7 heteroatoms. The minimum Gasteiger partial charge on any atom is -0.373 e. The van der Waals surface area contributed by atoms with E-state index in [1.165, 1.54) is 0 Å². The van der Waals surface area contributed by atoms with Crippen molar-refractivity contribution in [2.75, 3.05) is 49.3 Å². The van der Waals surface area contributed by atoms with Gasteiger partial charge in [-0.1, -0.05) is 6.92 Å². The van der Waals surface area contributed by atoms with Crippen LogP contribution >= 0.6 is 0 Å². The highest BCUT2D eigenvalue weighted by Crippen LogP contribution is 2.25. The molecule has 118 valence electrons. The molecule has 1 aliphatic heterocycles. The van der Waals surface area contributed by atoms with Crippen LogP contribution in [0.25, 0.3) is 0 Å². The van der Waals surface area contributed by atoms with Gasteiger partial charge in [0.1, 0.15) is 0 Å². The van der Waals surface area contributed by atoms with Gasteiger partial charge in [0.15, 0.2) is 0 Å². The molecule has 0 spiro atoms. The van der Waals surface area contributed by atoms with Gasteiger partial charge in [-0.3, -0.25) is 0 Å². The summed E-state index contributed by atoms with van der Waals surface area (Å²) in [4.78, 5) is 15.1. The fourth-order valence-electron chi connectivity index (χ4n) is 2.20. The van der Waals surface area contributed by atoms with E-state index in [0.717, 1.165) is 32.4 Å². The van der Waals surface area contributed by atoms with Crippen molar-refractivity contribution in [2.24, 2.45) is 0 Å². The predicted molar refractivity (Wildman–Crippen MR) is 85.0 cm³/mol. The molecule has 0 bridgehead atoms. The number of aromatic nitrogens is 3. The number of rotatable bonds is 7. The van der Waals surface area contributed by atoms with Crippen molar-refractivity contribution in [3.63, 3.8) is 0 Å². The van der Waals surface area contributed by atoms with E-state index in [1.807, 2.05) is 19.0 Å². The quantitative estimate of drug-likeness (QED) is 0.793. The molecule has 1 saturated heterocycles. The first-order chi connectivity index (χ1) is 10.0. The van der Waals surface area contributed by atoms with Gasteiger partial charge < -0.3 is 20.3 Å². The van der Waals surface area contributed by atoms with Gasteiger partial charge in [-0.2, -0.15) is 15.0 Å².